The average Bonchev–Trinajstić information content (AvgIpc) is 2.25. The maximum atomic E-state index is 11.1. The topological polar surface area (TPSA) is 54.0 Å². The molecule has 0 atom stereocenters. The summed E-state index contributed by atoms with van der Waals surface area (Å²) in [6, 6.07) is 0.478. The molecule has 0 heterocycles. The van der Waals surface area contributed by atoms with Crippen LogP contribution in [-0.2, 0) is 22.8 Å². The average molecular weight is 236 g/mol. The molecule has 0 amide bonds. The highest BCUT2D eigenvalue weighted by molar-refractivity contribution is 6.60. The van der Waals surface area contributed by atoms with Crippen molar-refractivity contribution in [2.75, 3.05) is 27.9 Å². The number of carbonyl (C=O) groups is 1. The van der Waals surface area contributed by atoms with Gasteiger partial charge in [-0.1, -0.05) is 6.92 Å². The molecule has 15 heavy (non-hydrogen) atoms. The van der Waals surface area contributed by atoms with E-state index < -0.39 is 8.80 Å². The molecule has 0 aliphatic rings. The second kappa shape index (κ2) is 7.81. The first-order valence-electron chi connectivity index (χ1n) is 4.95. The molecule has 5 nitrogen and oxygen atoms in total. The van der Waals surface area contributed by atoms with Crippen LogP contribution in [0.4, 0.5) is 0 Å². The van der Waals surface area contributed by atoms with Crippen LogP contribution < -0.4 is 0 Å². The van der Waals surface area contributed by atoms with Crippen molar-refractivity contribution in [2.24, 2.45) is 0 Å². The van der Waals surface area contributed by atoms with Crippen molar-refractivity contribution in [3.8, 4) is 0 Å². The summed E-state index contributed by atoms with van der Waals surface area (Å²) in [5.74, 6) is -0.191. The van der Waals surface area contributed by atoms with Crippen molar-refractivity contribution < 1.29 is 22.8 Å². The Morgan fingerprint density at radius 3 is 2.07 bits per heavy atom. The van der Waals surface area contributed by atoms with E-state index in [1.807, 2.05) is 6.92 Å². The van der Waals surface area contributed by atoms with E-state index in [0.717, 1.165) is 6.42 Å². The van der Waals surface area contributed by atoms with E-state index in [0.29, 0.717) is 12.5 Å². The van der Waals surface area contributed by atoms with Crippen LogP contribution in [0.2, 0.25) is 6.04 Å². The van der Waals surface area contributed by atoms with Crippen molar-refractivity contribution in [1.82, 2.24) is 0 Å². The number of hydrogen-bond donors (Lipinski definition) is 0. The number of hydrogen-bond acceptors (Lipinski definition) is 5. The minimum atomic E-state index is -2.58. The van der Waals surface area contributed by atoms with Gasteiger partial charge in [0.2, 0.25) is 0 Å². The fourth-order valence-corrected chi connectivity index (χ4v) is 2.59. The normalized spacial score (nSPS) is 11.5. The molecule has 0 rings (SSSR count). The number of ether oxygens (including phenoxy) is 1. The van der Waals surface area contributed by atoms with Crippen LogP contribution in [0.25, 0.3) is 0 Å². The molecule has 0 spiro atoms. The molecule has 0 unspecified atom stereocenters. The van der Waals surface area contributed by atoms with Gasteiger partial charge in [-0.3, -0.25) is 4.79 Å². The molecule has 0 aliphatic heterocycles. The van der Waals surface area contributed by atoms with Crippen LogP contribution in [0, 0.1) is 0 Å². The highest BCUT2D eigenvalue weighted by atomic mass is 28.4. The van der Waals surface area contributed by atoms with Gasteiger partial charge in [0.1, 0.15) is 0 Å². The predicted octanol–water partition coefficient (Wildman–Crippen LogP) is 1.21. The van der Waals surface area contributed by atoms with Crippen molar-refractivity contribution in [3.63, 3.8) is 0 Å². The quantitative estimate of drug-likeness (QED) is 0.468. The van der Waals surface area contributed by atoms with E-state index in [-0.39, 0.29) is 12.6 Å². The van der Waals surface area contributed by atoms with Crippen molar-refractivity contribution in [2.45, 2.75) is 25.8 Å². The van der Waals surface area contributed by atoms with Crippen LogP contribution in [0.15, 0.2) is 0 Å². The fraction of sp³-hybridized carbons (Fsp3) is 0.889. The van der Waals surface area contributed by atoms with Crippen LogP contribution >= 0.6 is 0 Å². The summed E-state index contributed by atoms with van der Waals surface area (Å²) in [5.41, 5.74) is 0. The largest absolute Gasteiger partial charge is 0.503 e. The second-order valence-corrected chi connectivity index (χ2v) is 6.11. The molecular formula is C9H20O5Si. The highest BCUT2D eigenvalue weighted by Gasteiger charge is 2.37. The molecule has 0 bridgehead atoms. The molecule has 0 saturated carbocycles. The van der Waals surface area contributed by atoms with Gasteiger partial charge in [0.15, 0.2) is 0 Å². The van der Waals surface area contributed by atoms with Gasteiger partial charge in [0.05, 0.1) is 12.7 Å². The number of esters is 1. The zero-order valence-electron chi connectivity index (χ0n) is 9.87. The van der Waals surface area contributed by atoms with Crippen LogP contribution in [0.1, 0.15) is 19.8 Å². The van der Waals surface area contributed by atoms with Crippen molar-refractivity contribution in [1.29, 1.82) is 0 Å². The van der Waals surface area contributed by atoms with Gasteiger partial charge in [-0.15, -0.1) is 0 Å². The SMILES string of the molecule is CCCC(=O)OCC[Si](OC)(OC)OC. The lowest BCUT2D eigenvalue weighted by Gasteiger charge is -2.23. The summed E-state index contributed by atoms with van der Waals surface area (Å²) in [7, 11) is 2.02. The molecule has 0 N–H and O–H groups in total. The summed E-state index contributed by atoms with van der Waals surface area (Å²) < 4.78 is 20.5. The summed E-state index contributed by atoms with van der Waals surface area (Å²) in [5, 5.41) is 0. The standard InChI is InChI=1S/C9H20O5Si/c1-5-6-9(10)14-7-8-15(11-2,12-3)13-4/h5-8H2,1-4H3. The van der Waals surface area contributed by atoms with Gasteiger partial charge in [0, 0.05) is 27.8 Å². The molecule has 0 fully saturated rings. The molecule has 0 aromatic heterocycles. The first-order valence-corrected chi connectivity index (χ1v) is 6.88. The van der Waals surface area contributed by atoms with E-state index in [1.165, 1.54) is 21.3 Å². The number of rotatable bonds is 8. The monoisotopic (exact) mass is 236 g/mol. The van der Waals surface area contributed by atoms with Gasteiger partial charge in [-0.2, -0.15) is 0 Å². The second-order valence-electron chi connectivity index (χ2n) is 3.02. The zero-order valence-corrected chi connectivity index (χ0v) is 10.9. The highest BCUT2D eigenvalue weighted by Crippen LogP contribution is 2.12. The maximum absolute atomic E-state index is 11.1. The third-order valence-electron chi connectivity index (χ3n) is 2.06. The molecule has 90 valence electrons. The minimum absolute atomic E-state index is 0.191. The van der Waals surface area contributed by atoms with Gasteiger partial charge in [0.25, 0.3) is 0 Å². The van der Waals surface area contributed by atoms with Gasteiger partial charge in [-0.05, 0) is 6.42 Å². The fourth-order valence-electron chi connectivity index (χ4n) is 1.12. The lowest BCUT2D eigenvalue weighted by atomic mass is 10.3. The Hall–Kier alpha value is -0.433. The maximum Gasteiger partial charge on any atom is 0.503 e. The van der Waals surface area contributed by atoms with Crippen molar-refractivity contribution >= 4 is 14.8 Å². The Kier molecular flexibility index (Phi) is 7.58. The van der Waals surface area contributed by atoms with Crippen molar-refractivity contribution in [3.05, 3.63) is 0 Å². The smallest absolute Gasteiger partial charge is 0.466 e. The lowest BCUT2D eigenvalue weighted by Crippen LogP contribution is -2.43. The minimum Gasteiger partial charge on any atom is -0.466 e. The molecule has 0 aromatic carbocycles. The molecule has 0 aromatic rings. The van der Waals surface area contributed by atoms with E-state index in [9.17, 15) is 4.79 Å². The van der Waals surface area contributed by atoms with Crippen LogP contribution in [0.5, 0.6) is 0 Å². The predicted molar refractivity (Wildman–Crippen MR) is 57.5 cm³/mol. The summed E-state index contributed by atoms with van der Waals surface area (Å²) in [4.78, 5) is 11.1. The van der Waals surface area contributed by atoms with E-state index in [4.69, 9.17) is 18.0 Å². The molecule has 0 aliphatic carbocycles. The van der Waals surface area contributed by atoms with Gasteiger partial charge < -0.3 is 18.0 Å². The van der Waals surface area contributed by atoms with Crippen LogP contribution in [0.3, 0.4) is 0 Å². The summed E-state index contributed by atoms with van der Waals surface area (Å²) in [6.07, 6.45) is 1.24. The Morgan fingerprint density at radius 2 is 1.67 bits per heavy atom. The Bertz CT molecular complexity index is 173. The zero-order chi connectivity index (χ0) is 11.7. The van der Waals surface area contributed by atoms with E-state index in [2.05, 4.69) is 0 Å². The Labute approximate surface area is 92.0 Å². The lowest BCUT2D eigenvalue weighted by molar-refractivity contribution is -0.143. The number of carbonyl (C=O) groups excluding carboxylic acids is 1. The Balaban J connectivity index is 3.85. The van der Waals surface area contributed by atoms with Gasteiger partial charge >= 0.3 is 14.8 Å². The third-order valence-corrected chi connectivity index (χ3v) is 4.74. The van der Waals surface area contributed by atoms with E-state index in [1.54, 1.807) is 0 Å². The van der Waals surface area contributed by atoms with Crippen LogP contribution in [-0.4, -0.2) is 42.7 Å². The summed E-state index contributed by atoms with van der Waals surface area (Å²) in [6.45, 7) is 2.21. The summed E-state index contributed by atoms with van der Waals surface area (Å²) >= 11 is 0. The molecule has 0 saturated heterocycles. The molecule has 0 radical (unpaired) electrons. The third kappa shape index (κ3) is 5.27. The Morgan fingerprint density at radius 1 is 1.13 bits per heavy atom. The molecular weight excluding hydrogens is 216 g/mol. The van der Waals surface area contributed by atoms with E-state index >= 15 is 0 Å². The molecule has 6 heteroatoms. The first-order chi connectivity index (χ1) is 7.14. The first kappa shape index (κ1) is 14.6. The van der Waals surface area contributed by atoms with Gasteiger partial charge in [-0.25, -0.2) is 0 Å².